The number of carbonyl (C=O) groups excluding carboxylic acids is 1. The fourth-order valence-electron chi connectivity index (χ4n) is 3.06. The molecule has 0 saturated heterocycles. The smallest absolute Gasteiger partial charge is 0.326 e. The number of nitrogens with zero attached hydrogens (tertiary/aromatic N) is 1. The standard InChI is InChI=1S/C15H30N2O2/c1-6-19-14(18)15(16)8-7-13(10-15)17(5)12(4)9-11(2)3/h11-13H,6-10,16H2,1-5H3. The average Bonchev–Trinajstić information content (AvgIpc) is 2.72. The van der Waals surface area contributed by atoms with Gasteiger partial charge in [0.1, 0.15) is 5.54 Å². The van der Waals surface area contributed by atoms with Gasteiger partial charge in [-0.25, -0.2) is 0 Å². The summed E-state index contributed by atoms with van der Waals surface area (Å²) in [5.74, 6) is 0.453. The van der Waals surface area contributed by atoms with Crippen LogP contribution in [0.15, 0.2) is 0 Å². The third-order valence-corrected chi connectivity index (χ3v) is 4.29. The molecular weight excluding hydrogens is 240 g/mol. The zero-order chi connectivity index (χ0) is 14.6. The summed E-state index contributed by atoms with van der Waals surface area (Å²) in [4.78, 5) is 14.3. The van der Waals surface area contributed by atoms with E-state index in [2.05, 4.69) is 32.7 Å². The molecule has 1 aliphatic rings. The van der Waals surface area contributed by atoms with Crippen molar-refractivity contribution in [2.24, 2.45) is 11.7 Å². The lowest BCUT2D eigenvalue weighted by Gasteiger charge is -2.32. The molecule has 1 rings (SSSR count). The Hall–Kier alpha value is -0.610. The summed E-state index contributed by atoms with van der Waals surface area (Å²) >= 11 is 0. The molecule has 0 aliphatic heterocycles. The van der Waals surface area contributed by atoms with Crippen molar-refractivity contribution < 1.29 is 9.53 Å². The van der Waals surface area contributed by atoms with E-state index in [1.807, 2.05) is 6.92 Å². The molecule has 3 atom stereocenters. The summed E-state index contributed by atoms with van der Waals surface area (Å²) < 4.78 is 5.10. The van der Waals surface area contributed by atoms with Crippen molar-refractivity contribution >= 4 is 5.97 Å². The lowest BCUT2D eigenvalue weighted by molar-refractivity contribution is -0.149. The summed E-state index contributed by atoms with van der Waals surface area (Å²) in [5.41, 5.74) is 5.45. The molecule has 0 amide bonds. The van der Waals surface area contributed by atoms with Gasteiger partial charge in [0.2, 0.25) is 0 Å². The second-order valence-corrected chi connectivity index (χ2v) is 6.42. The van der Waals surface area contributed by atoms with Gasteiger partial charge in [0.05, 0.1) is 6.61 Å². The molecule has 4 heteroatoms. The molecule has 1 saturated carbocycles. The van der Waals surface area contributed by atoms with Crippen LogP contribution in [-0.4, -0.2) is 42.1 Å². The summed E-state index contributed by atoms with van der Waals surface area (Å²) in [6.07, 6.45) is 3.60. The number of ether oxygens (including phenoxy) is 1. The molecule has 0 aromatic carbocycles. The fourth-order valence-corrected chi connectivity index (χ4v) is 3.06. The van der Waals surface area contributed by atoms with Crippen LogP contribution in [0.25, 0.3) is 0 Å². The van der Waals surface area contributed by atoms with E-state index in [0.717, 1.165) is 12.8 Å². The van der Waals surface area contributed by atoms with Crippen molar-refractivity contribution in [1.29, 1.82) is 0 Å². The number of nitrogens with two attached hydrogens (primary N) is 1. The largest absolute Gasteiger partial charge is 0.465 e. The predicted octanol–water partition coefficient (Wildman–Crippen LogP) is 2.17. The number of esters is 1. The van der Waals surface area contributed by atoms with Crippen molar-refractivity contribution in [1.82, 2.24) is 4.90 Å². The van der Waals surface area contributed by atoms with Gasteiger partial charge in [-0.1, -0.05) is 13.8 Å². The quantitative estimate of drug-likeness (QED) is 0.752. The number of carbonyl (C=O) groups is 1. The van der Waals surface area contributed by atoms with Crippen molar-refractivity contribution in [3.05, 3.63) is 0 Å². The molecule has 0 aromatic rings. The van der Waals surface area contributed by atoms with Gasteiger partial charge in [-0.2, -0.15) is 0 Å². The number of hydrogen-bond donors (Lipinski definition) is 1. The molecular formula is C15H30N2O2. The van der Waals surface area contributed by atoms with E-state index >= 15 is 0 Å². The van der Waals surface area contributed by atoms with E-state index in [4.69, 9.17) is 10.5 Å². The summed E-state index contributed by atoms with van der Waals surface area (Å²) in [6.45, 7) is 8.96. The van der Waals surface area contributed by atoms with Crippen LogP contribution in [0.3, 0.4) is 0 Å². The van der Waals surface area contributed by atoms with Crippen molar-refractivity contribution in [2.45, 2.75) is 71.0 Å². The van der Waals surface area contributed by atoms with Gasteiger partial charge < -0.3 is 15.4 Å². The summed E-state index contributed by atoms with van der Waals surface area (Å²) in [7, 11) is 2.15. The third-order valence-electron chi connectivity index (χ3n) is 4.29. The van der Waals surface area contributed by atoms with Crippen molar-refractivity contribution in [3.8, 4) is 0 Å². The minimum atomic E-state index is -0.771. The number of rotatable bonds is 6. The van der Waals surface area contributed by atoms with Gasteiger partial charge in [-0.15, -0.1) is 0 Å². The van der Waals surface area contributed by atoms with Gasteiger partial charge in [0.15, 0.2) is 0 Å². The minimum Gasteiger partial charge on any atom is -0.465 e. The van der Waals surface area contributed by atoms with E-state index in [-0.39, 0.29) is 5.97 Å². The molecule has 2 N–H and O–H groups in total. The van der Waals surface area contributed by atoms with E-state index in [1.54, 1.807) is 0 Å². The van der Waals surface area contributed by atoms with Gasteiger partial charge in [0, 0.05) is 12.1 Å². The maximum Gasteiger partial charge on any atom is 0.326 e. The molecule has 0 heterocycles. The van der Waals surface area contributed by atoms with Crippen LogP contribution in [-0.2, 0) is 9.53 Å². The zero-order valence-electron chi connectivity index (χ0n) is 13.1. The molecule has 0 radical (unpaired) electrons. The Kier molecular flexibility index (Phi) is 5.81. The monoisotopic (exact) mass is 270 g/mol. The number of hydrogen-bond acceptors (Lipinski definition) is 4. The van der Waals surface area contributed by atoms with Crippen LogP contribution in [0, 0.1) is 5.92 Å². The first kappa shape index (κ1) is 16.4. The highest BCUT2D eigenvalue weighted by molar-refractivity contribution is 5.81. The summed E-state index contributed by atoms with van der Waals surface area (Å²) in [5, 5.41) is 0. The SMILES string of the molecule is CCOC(=O)C1(N)CCC(N(C)C(C)CC(C)C)C1. The normalized spacial score (nSPS) is 28.9. The Bertz CT molecular complexity index is 307. The second kappa shape index (κ2) is 6.71. The molecule has 19 heavy (non-hydrogen) atoms. The lowest BCUT2D eigenvalue weighted by Crippen LogP contribution is -2.49. The van der Waals surface area contributed by atoms with E-state index in [0.29, 0.717) is 31.0 Å². The first-order chi connectivity index (χ1) is 8.80. The topological polar surface area (TPSA) is 55.6 Å². The van der Waals surface area contributed by atoms with E-state index in [9.17, 15) is 4.79 Å². The third kappa shape index (κ3) is 4.18. The Labute approximate surface area is 117 Å². The highest BCUT2D eigenvalue weighted by Crippen LogP contribution is 2.33. The van der Waals surface area contributed by atoms with E-state index < -0.39 is 5.54 Å². The van der Waals surface area contributed by atoms with Crippen LogP contribution in [0.1, 0.15) is 53.4 Å². The molecule has 1 fully saturated rings. The van der Waals surface area contributed by atoms with Gasteiger partial charge >= 0.3 is 5.97 Å². The summed E-state index contributed by atoms with van der Waals surface area (Å²) in [6, 6.07) is 0.915. The van der Waals surface area contributed by atoms with Crippen molar-refractivity contribution in [2.75, 3.05) is 13.7 Å². The minimum absolute atomic E-state index is 0.234. The molecule has 0 bridgehead atoms. The zero-order valence-corrected chi connectivity index (χ0v) is 13.1. The Morgan fingerprint density at radius 2 is 2.11 bits per heavy atom. The van der Waals surface area contributed by atoms with E-state index in [1.165, 1.54) is 6.42 Å². The maximum atomic E-state index is 11.9. The van der Waals surface area contributed by atoms with Crippen molar-refractivity contribution in [3.63, 3.8) is 0 Å². The van der Waals surface area contributed by atoms with Crippen LogP contribution in [0.5, 0.6) is 0 Å². The predicted molar refractivity (Wildman–Crippen MR) is 77.9 cm³/mol. The van der Waals surface area contributed by atoms with Gasteiger partial charge in [0.25, 0.3) is 0 Å². The molecule has 4 nitrogen and oxygen atoms in total. The van der Waals surface area contributed by atoms with Gasteiger partial charge in [-0.3, -0.25) is 4.79 Å². The highest BCUT2D eigenvalue weighted by Gasteiger charge is 2.44. The average molecular weight is 270 g/mol. The second-order valence-electron chi connectivity index (χ2n) is 6.42. The van der Waals surface area contributed by atoms with Crippen LogP contribution < -0.4 is 5.73 Å². The van der Waals surface area contributed by atoms with Gasteiger partial charge in [-0.05, 0) is 52.5 Å². The molecule has 0 spiro atoms. The highest BCUT2D eigenvalue weighted by atomic mass is 16.5. The first-order valence-electron chi connectivity index (χ1n) is 7.48. The Morgan fingerprint density at radius 3 is 2.63 bits per heavy atom. The molecule has 1 aliphatic carbocycles. The molecule has 0 aromatic heterocycles. The lowest BCUT2D eigenvalue weighted by atomic mass is 9.98. The maximum absolute atomic E-state index is 11.9. The van der Waals surface area contributed by atoms with Crippen LogP contribution in [0.2, 0.25) is 0 Å². The molecule has 3 unspecified atom stereocenters. The fraction of sp³-hybridized carbons (Fsp3) is 0.933. The van der Waals surface area contributed by atoms with Crippen LogP contribution >= 0.6 is 0 Å². The Balaban J connectivity index is 2.57. The van der Waals surface area contributed by atoms with Crippen LogP contribution in [0.4, 0.5) is 0 Å². The first-order valence-corrected chi connectivity index (χ1v) is 7.48. The molecule has 112 valence electrons. The Morgan fingerprint density at radius 1 is 1.47 bits per heavy atom.